The van der Waals surface area contributed by atoms with Crippen LogP contribution in [0.4, 0.5) is 5.69 Å². The van der Waals surface area contributed by atoms with E-state index in [-0.39, 0.29) is 5.97 Å². The van der Waals surface area contributed by atoms with Gasteiger partial charge in [0, 0.05) is 6.20 Å². The van der Waals surface area contributed by atoms with E-state index < -0.39 is 5.54 Å². The number of hydrogen-bond donors (Lipinski definition) is 1. The molecule has 2 rings (SSSR count). The van der Waals surface area contributed by atoms with Gasteiger partial charge >= 0.3 is 5.97 Å². The van der Waals surface area contributed by atoms with Gasteiger partial charge in [-0.15, -0.1) is 0 Å². The molecule has 13 heavy (non-hydrogen) atoms. The number of nitrogens with zero attached hydrogens (tertiary/aromatic N) is 2. The number of rotatable bonds is 2. The zero-order valence-corrected chi connectivity index (χ0v) is 7.36. The van der Waals surface area contributed by atoms with Gasteiger partial charge < -0.3 is 10.5 Å². The minimum Gasteiger partial charge on any atom is -0.467 e. The van der Waals surface area contributed by atoms with Crippen LogP contribution in [0.15, 0.2) is 12.4 Å². The Morgan fingerprint density at radius 3 is 2.85 bits per heavy atom. The zero-order valence-electron chi connectivity index (χ0n) is 7.36. The van der Waals surface area contributed by atoms with Gasteiger partial charge in [0.15, 0.2) is 5.54 Å². The summed E-state index contributed by atoms with van der Waals surface area (Å²) in [6.07, 6.45) is 4.74. The lowest BCUT2D eigenvalue weighted by atomic mass is 10.3. The molecule has 0 aromatic carbocycles. The summed E-state index contributed by atoms with van der Waals surface area (Å²) in [5, 5.41) is 4.01. The van der Waals surface area contributed by atoms with Gasteiger partial charge in [-0.2, -0.15) is 5.10 Å². The summed E-state index contributed by atoms with van der Waals surface area (Å²) in [4.78, 5) is 11.4. The third-order valence-corrected chi connectivity index (χ3v) is 2.33. The van der Waals surface area contributed by atoms with Crippen LogP contribution in [-0.2, 0) is 15.1 Å². The van der Waals surface area contributed by atoms with Gasteiger partial charge in [0.2, 0.25) is 0 Å². The maximum absolute atomic E-state index is 11.4. The van der Waals surface area contributed by atoms with E-state index in [2.05, 4.69) is 5.10 Å². The van der Waals surface area contributed by atoms with Gasteiger partial charge in [-0.3, -0.25) is 4.68 Å². The van der Waals surface area contributed by atoms with Crippen LogP contribution < -0.4 is 5.73 Å². The molecule has 70 valence electrons. The molecule has 1 heterocycles. The lowest BCUT2D eigenvalue weighted by molar-refractivity contribution is -0.146. The number of ether oxygens (including phenoxy) is 1. The highest BCUT2D eigenvalue weighted by molar-refractivity contribution is 5.81. The predicted octanol–water partition coefficient (Wildman–Crippen LogP) is 0.127. The van der Waals surface area contributed by atoms with Gasteiger partial charge in [-0.1, -0.05) is 0 Å². The van der Waals surface area contributed by atoms with Crippen LogP contribution in [-0.4, -0.2) is 22.9 Å². The Hall–Kier alpha value is -1.52. The van der Waals surface area contributed by atoms with Crippen LogP contribution >= 0.6 is 0 Å². The average Bonchev–Trinajstić information content (AvgIpc) is 2.83. The van der Waals surface area contributed by atoms with Gasteiger partial charge in [0.1, 0.15) is 0 Å². The summed E-state index contributed by atoms with van der Waals surface area (Å²) < 4.78 is 6.29. The van der Waals surface area contributed by atoms with E-state index >= 15 is 0 Å². The fraction of sp³-hybridized carbons (Fsp3) is 0.500. The Morgan fingerprint density at radius 1 is 1.77 bits per heavy atom. The first-order chi connectivity index (χ1) is 6.19. The first-order valence-electron chi connectivity index (χ1n) is 4.08. The molecule has 1 saturated carbocycles. The second-order valence-corrected chi connectivity index (χ2v) is 3.24. The first kappa shape index (κ1) is 8.10. The van der Waals surface area contributed by atoms with Crippen LogP contribution in [0.25, 0.3) is 0 Å². The van der Waals surface area contributed by atoms with E-state index in [1.54, 1.807) is 10.9 Å². The van der Waals surface area contributed by atoms with Gasteiger partial charge in [-0.25, -0.2) is 4.79 Å². The highest BCUT2D eigenvalue weighted by Gasteiger charge is 2.53. The molecular weight excluding hydrogens is 170 g/mol. The van der Waals surface area contributed by atoms with Crippen molar-refractivity contribution in [2.75, 3.05) is 12.8 Å². The van der Waals surface area contributed by atoms with Crippen LogP contribution in [0.2, 0.25) is 0 Å². The monoisotopic (exact) mass is 181 g/mol. The smallest absolute Gasteiger partial charge is 0.333 e. The molecule has 0 bridgehead atoms. The average molecular weight is 181 g/mol. The minimum absolute atomic E-state index is 0.240. The Morgan fingerprint density at radius 2 is 2.46 bits per heavy atom. The van der Waals surface area contributed by atoms with Crippen molar-refractivity contribution in [3.05, 3.63) is 12.4 Å². The van der Waals surface area contributed by atoms with E-state index in [0.29, 0.717) is 5.69 Å². The highest BCUT2D eigenvalue weighted by Crippen LogP contribution is 2.44. The number of esters is 1. The lowest BCUT2D eigenvalue weighted by Crippen LogP contribution is -2.29. The molecule has 1 aromatic heterocycles. The quantitative estimate of drug-likeness (QED) is 0.658. The molecule has 0 aliphatic heterocycles. The molecule has 0 amide bonds. The molecule has 5 heteroatoms. The molecule has 5 nitrogen and oxygen atoms in total. The Labute approximate surface area is 75.5 Å². The van der Waals surface area contributed by atoms with Crippen molar-refractivity contribution in [2.24, 2.45) is 0 Å². The third kappa shape index (κ3) is 1.07. The van der Waals surface area contributed by atoms with Crippen molar-refractivity contribution in [2.45, 2.75) is 18.4 Å². The first-order valence-corrected chi connectivity index (χ1v) is 4.08. The minimum atomic E-state index is -0.563. The summed E-state index contributed by atoms with van der Waals surface area (Å²) >= 11 is 0. The van der Waals surface area contributed by atoms with E-state index in [0.717, 1.165) is 12.8 Å². The van der Waals surface area contributed by atoms with Crippen LogP contribution in [0.1, 0.15) is 12.8 Å². The largest absolute Gasteiger partial charge is 0.467 e. The van der Waals surface area contributed by atoms with Crippen molar-refractivity contribution in [3.8, 4) is 0 Å². The molecule has 1 aromatic rings. The zero-order chi connectivity index (χ0) is 9.47. The predicted molar refractivity (Wildman–Crippen MR) is 45.9 cm³/mol. The number of aromatic nitrogens is 2. The molecule has 2 N–H and O–H groups in total. The lowest BCUT2D eigenvalue weighted by Gasteiger charge is -2.12. The number of nitrogens with two attached hydrogens (primary N) is 1. The number of anilines is 1. The summed E-state index contributed by atoms with van der Waals surface area (Å²) in [5.41, 5.74) is 5.51. The summed E-state index contributed by atoms with van der Waals surface area (Å²) in [6, 6.07) is 0. The molecule has 0 spiro atoms. The number of carbonyl (C=O) groups excluding carboxylic acids is 1. The number of methoxy groups -OCH3 is 1. The molecular formula is C8H11N3O2. The fourth-order valence-electron chi connectivity index (χ4n) is 1.41. The molecule has 1 fully saturated rings. The fourth-order valence-corrected chi connectivity index (χ4v) is 1.41. The number of carbonyl (C=O) groups is 1. The molecule has 0 radical (unpaired) electrons. The van der Waals surface area contributed by atoms with Crippen molar-refractivity contribution in [1.82, 2.24) is 9.78 Å². The van der Waals surface area contributed by atoms with Crippen molar-refractivity contribution in [1.29, 1.82) is 0 Å². The van der Waals surface area contributed by atoms with E-state index in [1.165, 1.54) is 13.3 Å². The molecule has 1 aliphatic rings. The van der Waals surface area contributed by atoms with Crippen molar-refractivity contribution >= 4 is 11.7 Å². The SMILES string of the molecule is COC(=O)C1(n2cc(N)cn2)CC1. The third-order valence-electron chi connectivity index (χ3n) is 2.33. The van der Waals surface area contributed by atoms with Crippen molar-refractivity contribution in [3.63, 3.8) is 0 Å². The normalized spacial score (nSPS) is 18.2. The molecule has 0 saturated heterocycles. The maximum atomic E-state index is 11.4. The van der Waals surface area contributed by atoms with E-state index in [4.69, 9.17) is 10.5 Å². The van der Waals surface area contributed by atoms with E-state index in [9.17, 15) is 4.79 Å². The number of nitrogen functional groups attached to an aromatic ring is 1. The highest BCUT2D eigenvalue weighted by atomic mass is 16.5. The number of hydrogen-bond acceptors (Lipinski definition) is 4. The Balaban J connectivity index is 2.30. The molecule has 0 atom stereocenters. The standard InChI is InChI=1S/C8H11N3O2/c1-13-7(12)8(2-3-8)11-5-6(9)4-10-11/h4-5H,2-3,9H2,1H3. The molecule has 1 aliphatic carbocycles. The maximum Gasteiger partial charge on any atom is 0.333 e. The van der Waals surface area contributed by atoms with E-state index in [1.807, 2.05) is 0 Å². The summed E-state index contributed by atoms with van der Waals surface area (Å²) in [6.45, 7) is 0. The second kappa shape index (κ2) is 2.48. The second-order valence-electron chi connectivity index (χ2n) is 3.24. The Kier molecular flexibility index (Phi) is 1.55. The Bertz CT molecular complexity index is 341. The van der Waals surface area contributed by atoms with Crippen LogP contribution in [0.3, 0.4) is 0 Å². The summed E-state index contributed by atoms with van der Waals surface area (Å²) in [5.74, 6) is -0.240. The van der Waals surface area contributed by atoms with Crippen LogP contribution in [0, 0.1) is 0 Å². The van der Waals surface area contributed by atoms with Gasteiger partial charge in [0.05, 0.1) is 19.0 Å². The van der Waals surface area contributed by atoms with Crippen LogP contribution in [0.5, 0.6) is 0 Å². The topological polar surface area (TPSA) is 70.1 Å². The van der Waals surface area contributed by atoms with Gasteiger partial charge in [0.25, 0.3) is 0 Å². The van der Waals surface area contributed by atoms with Crippen molar-refractivity contribution < 1.29 is 9.53 Å². The van der Waals surface area contributed by atoms with Gasteiger partial charge in [-0.05, 0) is 12.8 Å². The summed E-state index contributed by atoms with van der Waals surface area (Å²) in [7, 11) is 1.38. The molecule has 0 unspecified atom stereocenters.